The molecule has 0 saturated carbocycles. The molecule has 2 aromatic rings. The Balaban J connectivity index is 2.21. The van der Waals surface area contributed by atoms with Gasteiger partial charge in [-0.25, -0.2) is 26.3 Å². The van der Waals surface area contributed by atoms with Crippen LogP contribution in [0.3, 0.4) is 0 Å². The zero-order valence-electron chi connectivity index (χ0n) is 9.78. The highest BCUT2D eigenvalue weighted by Gasteiger charge is 2.13. The molecular weight excluding hydrogens is 284 g/mol. The van der Waals surface area contributed by atoms with E-state index in [1.807, 2.05) is 0 Å². The smallest absolute Gasteiger partial charge is 0.194 e. The number of benzene rings is 2. The lowest BCUT2D eigenvalue weighted by atomic mass is 10.2. The quantitative estimate of drug-likeness (QED) is 0.662. The lowest BCUT2D eigenvalue weighted by Crippen LogP contribution is -2.06. The van der Waals surface area contributed by atoms with Gasteiger partial charge in [-0.3, -0.25) is 0 Å². The Labute approximate surface area is 109 Å². The molecule has 0 amide bonds. The van der Waals surface area contributed by atoms with Crippen molar-refractivity contribution in [2.24, 2.45) is 0 Å². The number of nitrogens with one attached hydrogen (secondary N) is 1. The number of hydrogen-bond acceptors (Lipinski definition) is 1. The van der Waals surface area contributed by atoms with Gasteiger partial charge in [-0.05, 0) is 17.7 Å². The molecule has 0 heterocycles. The minimum absolute atomic E-state index is 0.0653. The van der Waals surface area contributed by atoms with E-state index in [1.54, 1.807) is 0 Å². The molecule has 0 aliphatic heterocycles. The van der Waals surface area contributed by atoms with Crippen LogP contribution in [0.15, 0.2) is 24.3 Å². The predicted molar refractivity (Wildman–Crippen MR) is 60.0 cm³/mol. The van der Waals surface area contributed by atoms with Gasteiger partial charge in [-0.15, -0.1) is 0 Å². The molecule has 7 heteroatoms. The van der Waals surface area contributed by atoms with E-state index >= 15 is 0 Å². The lowest BCUT2D eigenvalue weighted by molar-refractivity contribution is 0.445. The van der Waals surface area contributed by atoms with E-state index < -0.39 is 40.6 Å². The molecule has 0 spiro atoms. The molecule has 0 saturated heterocycles. The first-order chi connectivity index (χ1) is 9.38. The number of hydrogen-bond donors (Lipinski definition) is 1. The molecule has 1 N–H and O–H groups in total. The van der Waals surface area contributed by atoms with Crippen molar-refractivity contribution >= 4 is 5.69 Å². The molecule has 0 radical (unpaired) electrons. The molecule has 0 bridgehead atoms. The van der Waals surface area contributed by atoms with E-state index in [0.717, 1.165) is 0 Å². The SMILES string of the molecule is Fc1cc(F)c(NCc2cc(F)c(F)c(F)c2)c(F)c1. The number of rotatable bonds is 3. The third-order valence-electron chi connectivity index (χ3n) is 2.52. The average molecular weight is 291 g/mol. The van der Waals surface area contributed by atoms with Crippen molar-refractivity contribution < 1.29 is 26.3 Å². The molecule has 0 atom stereocenters. The molecule has 0 fully saturated rings. The first-order valence-corrected chi connectivity index (χ1v) is 5.40. The molecule has 0 unspecified atom stereocenters. The third-order valence-corrected chi connectivity index (χ3v) is 2.52. The Bertz CT molecular complexity index is 609. The van der Waals surface area contributed by atoms with E-state index in [2.05, 4.69) is 5.32 Å². The van der Waals surface area contributed by atoms with Crippen molar-refractivity contribution in [1.82, 2.24) is 0 Å². The lowest BCUT2D eigenvalue weighted by Gasteiger charge is -2.09. The minimum atomic E-state index is -1.63. The highest BCUT2D eigenvalue weighted by atomic mass is 19.2. The zero-order chi connectivity index (χ0) is 14.9. The second-order valence-corrected chi connectivity index (χ2v) is 3.97. The van der Waals surface area contributed by atoms with E-state index in [4.69, 9.17) is 0 Å². The van der Waals surface area contributed by atoms with Crippen LogP contribution in [-0.2, 0) is 6.54 Å². The van der Waals surface area contributed by atoms with Crippen LogP contribution >= 0.6 is 0 Å². The summed E-state index contributed by atoms with van der Waals surface area (Å²) < 4.78 is 77.8. The van der Waals surface area contributed by atoms with Crippen LogP contribution in [0.1, 0.15) is 5.56 Å². The third kappa shape index (κ3) is 2.87. The highest BCUT2D eigenvalue weighted by molar-refractivity contribution is 5.47. The highest BCUT2D eigenvalue weighted by Crippen LogP contribution is 2.21. The molecule has 1 nitrogen and oxygen atoms in total. The van der Waals surface area contributed by atoms with Gasteiger partial charge in [0, 0.05) is 18.7 Å². The first-order valence-electron chi connectivity index (χ1n) is 5.40. The molecule has 20 heavy (non-hydrogen) atoms. The Morgan fingerprint density at radius 3 is 1.70 bits per heavy atom. The fourth-order valence-corrected chi connectivity index (χ4v) is 1.61. The molecule has 2 aromatic carbocycles. The Hall–Kier alpha value is -2.18. The van der Waals surface area contributed by atoms with Crippen molar-refractivity contribution in [1.29, 1.82) is 0 Å². The average Bonchev–Trinajstić information content (AvgIpc) is 2.34. The predicted octanol–water partition coefficient (Wildman–Crippen LogP) is 4.13. The van der Waals surface area contributed by atoms with Crippen molar-refractivity contribution in [3.05, 3.63) is 64.7 Å². The van der Waals surface area contributed by atoms with Crippen LogP contribution in [0.25, 0.3) is 0 Å². The van der Waals surface area contributed by atoms with Crippen molar-refractivity contribution in [3.63, 3.8) is 0 Å². The van der Waals surface area contributed by atoms with Gasteiger partial charge < -0.3 is 5.32 Å². The van der Waals surface area contributed by atoms with Crippen molar-refractivity contribution in [2.75, 3.05) is 5.32 Å². The summed E-state index contributed by atoms with van der Waals surface area (Å²) in [6.07, 6.45) is 0. The Morgan fingerprint density at radius 2 is 1.20 bits per heavy atom. The zero-order valence-corrected chi connectivity index (χ0v) is 9.78. The Morgan fingerprint density at radius 1 is 0.700 bits per heavy atom. The van der Waals surface area contributed by atoms with E-state index in [0.29, 0.717) is 24.3 Å². The second-order valence-electron chi connectivity index (χ2n) is 3.97. The molecule has 0 aromatic heterocycles. The second kappa shape index (κ2) is 5.44. The van der Waals surface area contributed by atoms with Crippen LogP contribution in [-0.4, -0.2) is 0 Å². The maximum absolute atomic E-state index is 13.3. The summed E-state index contributed by atoms with van der Waals surface area (Å²) >= 11 is 0. The summed E-state index contributed by atoms with van der Waals surface area (Å²) in [5.74, 6) is -7.93. The van der Waals surface area contributed by atoms with Crippen LogP contribution < -0.4 is 5.32 Å². The van der Waals surface area contributed by atoms with Gasteiger partial charge in [0.25, 0.3) is 0 Å². The summed E-state index contributed by atoms with van der Waals surface area (Å²) in [6.45, 7) is -0.367. The van der Waals surface area contributed by atoms with Crippen LogP contribution in [0.2, 0.25) is 0 Å². The summed E-state index contributed by atoms with van der Waals surface area (Å²) in [7, 11) is 0. The molecule has 0 aliphatic rings. The van der Waals surface area contributed by atoms with Gasteiger partial charge in [0.2, 0.25) is 0 Å². The molecule has 0 aliphatic carbocycles. The summed E-state index contributed by atoms with van der Waals surface area (Å²) in [5, 5.41) is 2.23. The topological polar surface area (TPSA) is 12.0 Å². The van der Waals surface area contributed by atoms with E-state index in [9.17, 15) is 26.3 Å². The van der Waals surface area contributed by atoms with E-state index in [-0.39, 0.29) is 12.1 Å². The van der Waals surface area contributed by atoms with Crippen LogP contribution in [0.4, 0.5) is 32.0 Å². The maximum atomic E-state index is 13.3. The van der Waals surface area contributed by atoms with Crippen LogP contribution in [0, 0.1) is 34.9 Å². The van der Waals surface area contributed by atoms with E-state index in [1.165, 1.54) is 0 Å². The normalized spacial score (nSPS) is 10.7. The van der Waals surface area contributed by atoms with Gasteiger partial charge >= 0.3 is 0 Å². The Kier molecular flexibility index (Phi) is 3.87. The van der Waals surface area contributed by atoms with Crippen LogP contribution in [0.5, 0.6) is 0 Å². The fraction of sp³-hybridized carbons (Fsp3) is 0.0769. The maximum Gasteiger partial charge on any atom is 0.194 e. The van der Waals surface area contributed by atoms with Gasteiger partial charge in [-0.2, -0.15) is 0 Å². The monoisotopic (exact) mass is 291 g/mol. The summed E-state index contributed by atoms with van der Waals surface area (Å²) in [5.41, 5.74) is -0.707. The van der Waals surface area contributed by atoms with Crippen molar-refractivity contribution in [2.45, 2.75) is 6.54 Å². The standard InChI is InChI=1S/C13H7F6N/c14-7-3-10(17)13(11(18)4-7)20-5-6-1-8(15)12(19)9(16)2-6/h1-4,20H,5H2. The largest absolute Gasteiger partial charge is 0.376 e. The van der Waals surface area contributed by atoms with Gasteiger partial charge in [0.05, 0.1) is 0 Å². The number of halogens is 6. The molecular formula is C13H7F6N. The molecule has 2 rings (SSSR count). The fourth-order valence-electron chi connectivity index (χ4n) is 1.61. The van der Waals surface area contributed by atoms with Gasteiger partial charge in [0.15, 0.2) is 29.1 Å². The molecule has 106 valence electrons. The van der Waals surface area contributed by atoms with Gasteiger partial charge in [0.1, 0.15) is 11.5 Å². The summed E-state index contributed by atoms with van der Waals surface area (Å²) in [4.78, 5) is 0. The van der Waals surface area contributed by atoms with Crippen molar-refractivity contribution in [3.8, 4) is 0 Å². The number of anilines is 1. The minimum Gasteiger partial charge on any atom is -0.376 e. The van der Waals surface area contributed by atoms with Gasteiger partial charge in [-0.1, -0.05) is 0 Å². The first kappa shape index (κ1) is 14.2. The summed E-state index contributed by atoms with van der Waals surface area (Å²) in [6, 6.07) is 2.28.